The molecule has 10 nitrogen and oxygen atoms in total. The fourth-order valence-electron chi connectivity index (χ4n) is 3.00. The smallest absolute Gasteiger partial charge is 0.415 e. The molecule has 1 aliphatic heterocycles. The number of anilines is 1. The molecule has 1 amide bonds. The molecule has 0 saturated carbocycles. The number of aromatic nitrogens is 4. The summed E-state index contributed by atoms with van der Waals surface area (Å²) < 4.78 is 18.0. The molecule has 3 aromatic heterocycles. The van der Waals surface area contributed by atoms with Gasteiger partial charge in [-0.15, -0.1) is 0 Å². The van der Waals surface area contributed by atoms with E-state index in [1.54, 1.807) is 16.8 Å². The molecule has 0 radical (unpaired) electrons. The third-order valence-corrected chi connectivity index (χ3v) is 4.26. The third kappa shape index (κ3) is 4.44. The Morgan fingerprint density at radius 2 is 2.14 bits per heavy atom. The SMILES string of the molecule is Cc1cc(C)n(-c2cc(NC(=O)OC3CNCCO3)nc(-c3ccc(C)o3)n2)n1. The molecule has 4 heterocycles. The van der Waals surface area contributed by atoms with Gasteiger partial charge in [0.1, 0.15) is 11.6 Å². The van der Waals surface area contributed by atoms with Gasteiger partial charge < -0.3 is 19.2 Å². The number of nitrogens with zero attached hydrogens (tertiary/aromatic N) is 4. The van der Waals surface area contributed by atoms with E-state index in [1.165, 1.54) is 0 Å². The van der Waals surface area contributed by atoms with Crippen LogP contribution in [0.15, 0.2) is 28.7 Å². The third-order valence-electron chi connectivity index (χ3n) is 4.26. The lowest BCUT2D eigenvalue weighted by atomic mass is 10.4. The van der Waals surface area contributed by atoms with E-state index in [1.807, 2.05) is 32.9 Å². The molecule has 0 aliphatic carbocycles. The van der Waals surface area contributed by atoms with Crippen LogP contribution >= 0.6 is 0 Å². The van der Waals surface area contributed by atoms with Gasteiger partial charge in [0.05, 0.1) is 18.8 Å². The highest BCUT2D eigenvalue weighted by Crippen LogP contribution is 2.23. The summed E-state index contributed by atoms with van der Waals surface area (Å²) in [5, 5.41) is 10.2. The summed E-state index contributed by atoms with van der Waals surface area (Å²) in [5.74, 6) is 2.31. The van der Waals surface area contributed by atoms with Crippen molar-refractivity contribution in [3.8, 4) is 17.4 Å². The van der Waals surface area contributed by atoms with Gasteiger partial charge in [-0.1, -0.05) is 0 Å². The number of morpholine rings is 1. The number of carbonyl (C=O) groups is 1. The second-order valence-electron chi connectivity index (χ2n) is 6.72. The normalized spacial score (nSPS) is 16.6. The fourth-order valence-corrected chi connectivity index (χ4v) is 3.00. The predicted molar refractivity (Wildman–Crippen MR) is 104 cm³/mol. The number of ether oxygens (including phenoxy) is 2. The average molecular weight is 398 g/mol. The Morgan fingerprint density at radius 3 is 2.79 bits per heavy atom. The first kappa shape index (κ1) is 19.1. The summed E-state index contributed by atoms with van der Waals surface area (Å²) in [5.41, 5.74) is 1.75. The van der Waals surface area contributed by atoms with Crippen LogP contribution in [0.4, 0.5) is 10.6 Å². The monoisotopic (exact) mass is 398 g/mol. The van der Waals surface area contributed by atoms with E-state index in [0.717, 1.165) is 23.7 Å². The molecule has 10 heteroatoms. The van der Waals surface area contributed by atoms with Crippen LogP contribution in [0.1, 0.15) is 17.1 Å². The van der Waals surface area contributed by atoms with E-state index in [2.05, 4.69) is 25.7 Å². The van der Waals surface area contributed by atoms with Crippen molar-refractivity contribution in [3.63, 3.8) is 0 Å². The van der Waals surface area contributed by atoms with Crippen molar-refractivity contribution < 1.29 is 18.7 Å². The Hall–Kier alpha value is -3.24. The lowest BCUT2D eigenvalue weighted by Crippen LogP contribution is -2.41. The Kier molecular flexibility index (Phi) is 5.28. The van der Waals surface area contributed by atoms with Crippen molar-refractivity contribution in [1.82, 2.24) is 25.1 Å². The predicted octanol–water partition coefficient (Wildman–Crippen LogP) is 2.34. The Bertz CT molecular complexity index is 1020. The molecule has 1 fully saturated rings. The zero-order valence-electron chi connectivity index (χ0n) is 16.4. The van der Waals surface area contributed by atoms with Crippen molar-refractivity contribution in [1.29, 1.82) is 0 Å². The average Bonchev–Trinajstić information content (AvgIpc) is 3.27. The number of hydrogen-bond acceptors (Lipinski definition) is 8. The molecule has 3 aromatic rings. The number of hydrogen-bond donors (Lipinski definition) is 2. The fraction of sp³-hybridized carbons (Fsp3) is 0.368. The van der Waals surface area contributed by atoms with Crippen LogP contribution in [0.2, 0.25) is 0 Å². The van der Waals surface area contributed by atoms with Gasteiger partial charge in [-0.25, -0.2) is 19.4 Å². The van der Waals surface area contributed by atoms with Gasteiger partial charge in [0.15, 0.2) is 17.4 Å². The molecule has 1 atom stereocenters. The van der Waals surface area contributed by atoms with Gasteiger partial charge in [-0.3, -0.25) is 5.32 Å². The number of rotatable bonds is 4. The van der Waals surface area contributed by atoms with Gasteiger partial charge in [0, 0.05) is 18.3 Å². The zero-order valence-corrected chi connectivity index (χ0v) is 16.4. The maximum atomic E-state index is 12.3. The molecule has 1 saturated heterocycles. The van der Waals surface area contributed by atoms with E-state index < -0.39 is 12.4 Å². The van der Waals surface area contributed by atoms with Crippen LogP contribution < -0.4 is 10.6 Å². The molecule has 2 N–H and O–H groups in total. The molecule has 0 bridgehead atoms. The van der Waals surface area contributed by atoms with Gasteiger partial charge >= 0.3 is 6.09 Å². The van der Waals surface area contributed by atoms with Crippen LogP contribution in [-0.4, -0.2) is 51.8 Å². The largest absolute Gasteiger partial charge is 0.458 e. The lowest BCUT2D eigenvalue weighted by Gasteiger charge is -2.23. The Labute approximate surface area is 167 Å². The summed E-state index contributed by atoms with van der Waals surface area (Å²) in [7, 11) is 0. The first-order valence-electron chi connectivity index (χ1n) is 9.27. The maximum Gasteiger partial charge on any atom is 0.415 e. The standard InChI is InChI=1S/C19H22N6O4/c1-11-8-12(2)25(24-11)16-9-15(21-18(23-16)14-5-4-13(3)28-14)22-19(26)29-17-10-20-6-7-27-17/h4-5,8-9,17,20H,6-7,10H2,1-3H3,(H,21,22,23,26). The molecular formula is C19H22N6O4. The van der Waals surface area contributed by atoms with Gasteiger partial charge in [-0.2, -0.15) is 5.10 Å². The summed E-state index contributed by atoms with van der Waals surface area (Å²) in [6, 6.07) is 7.16. The minimum atomic E-state index is -0.668. The van der Waals surface area contributed by atoms with Crippen LogP contribution in [0.3, 0.4) is 0 Å². The second-order valence-corrected chi connectivity index (χ2v) is 6.72. The van der Waals surface area contributed by atoms with E-state index in [0.29, 0.717) is 30.6 Å². The maximum absolute atomic E-state index is 12.3. The van der Waals surface area contributed by atoms with Crippen molar-refractivity contribution in [2.75, 3.05) is 25.0 Å². The van der Waals surface area contributed by atoms with Crippen LogP contribution in [0, 0.1) is 20.8 Å². The van der Waals surface area contributed by atoms with Crippen molar-refractivity contribution in [2.45, 2.75) is 27.1 Å². The molecule has 4 rings (SSSR count). The number of furan rings is 1. The number of aryl methyl sites for hydroxylation is 3. The molecule has 1 aliphatic rings. The van der Waals surface area contributed by atoms with E-state index in [-0.39, 0.29) is 5.82 Å². The van der Waals surface area contributed by atoms with Crippen molar-refractivity contribution >= 4 is 11.9 Å². The summed E-state index contributed by atoms with van der Waals surface area (Å²) in [4.78, 5) is 21.3. The topological polar surface area (TPSA) is 116 Å². The molecule has 152 valence electrons. The molecule has 0 aromatic carbocycles. The lowest BCUT2D eigenvalue weighted by molar-refractivity contribution is -0.113. The van der Waals surface area contributed by atoms with E-state index in [9.17, 15) is 4.79 Å². The summed E-state index contributed by atoms with van der Waals surface area (Å²) in [6.45, 7) is 7.30. The number of nitrogens with one attached hydrogen (secondary N) is 2. The highest BCUT2D eigenvalue weighted by molar-refractivity contribution is 5.84. The van der Waals surface area contributed by atoms with Crippen LogP contribution in [0.5, 0.6) is 0 Å². The van der Waals surface area contributed by atoms with Gasteiger partial charge in [-0.05, 0) is 39.0 Å². The number of carbonyl (C=O) groups excluding carboxylic acids is 1. The zero-order chi connectivity index (χ0) is 20.4. The minimum absolute atomic E-state index is 0.264. The quantitative estimate of drug-likeness (QED) is 0.688. The highest BCUT2D eigenvalue weighted by Gasteiger charge is 2.20. The highest BCUT2D eigenvalue weighted by atomic mass is 16.7. The molecule has 0 spiro atoms. The van der Waals surface area contributed by atoms with Gasteiger partial charge in [0.2, 0.25) is 6.29 Å². The van der Waals surface area contributed by atoms with E-state index in [4.69, 9.17) is 13.9 Å². The van der Waals surface area contributed by atoms with Crippen molar-refractivity contribution in [3.05, 3.63) is 41.4 Å². The summed E-state index contributed by atoms with van der Waals surface area (Å²) in [6.07, 6.45) is -1.31. The molecular weight excluding hydrogens is 376 g/mol. The number of amides is 1. The molecule has 1 unspecified atom stereocenters. The Morgan fingerprint density at radius 1 is 1.28 bits per heavy atom. The Balaban J connectivity index is 1.64. The molecule has 29 heavy (non-hydrogen) atoms. The minimum Gasteiger partial charge on any atom is -0.458 e. The van der Waals surface area contributed by atoms with Crippen LogP contribution in [0.25, 0.3) is 17.4 Å². The first-order chi connectivity index (χ1) is 14.0. The second kappa shape index (κ2) is 8.02. The van der Waals surface area contributed by atoms with E-state index >= 15 is 0 Å². The van der Waals surface area contributed by atoms with Crippen LogP contribution in [-0.2, 0) is 9.47 Å². The van der Waals surface area contributed by atoms with Crippen molar-refractivity contribution in [2.24, 2.45) is 0 Å². The summed E-state index contributed by atoms with van der Waals surface area (Å²) >= 11 is 0. The first-order valence-corrected chi connectivity index (χ1v) is 9.27. The van der Waals surface area contributed by atoms with Gasteiger partial charge in [0.25, 0.3) is 0 Å².